The number of anilines is 1. The van der Waals surface area contributed by atoms with Crippen LogP contribution in [0.15, 0.2) is 72.8 Å². The fourth-order valence-corrected chi connectivity index (χ4v) is 3.43. The summed E-state index contributed by atoms with van der Waals surface area (Å²) < 4.78 is 5.41. The second-order valence-electron chi connectivity index (χ2n) is 7.99. The van der Waals surface area contributed by atoms with E-state index < -0.39 is 24.0 Å². The van der Waals surface area contributed by atoms with Crippen molar-refractivity contribution in [3.63, 3.8) is 0 Å². The van der Waals surface area contributed by atoms with Crippen LogP contribution in [0.2, 0.25) is 0 Å². The highest BCUT2D eigenvalue weighted by atomic mass is 16.5. The van der Waals surface area contributed by atoms with Crippen molar-refractivity contribution < 1.29 is 29.3 Å². The summed E-state index contributed by atoms with van der Waals surface area (Å²) in [6.45, 7) is 3.81. The summed E-state index contributed by atoms with van der Waals surface area (Å²) in [6.07, 6.45) is -0.981. The highest BCUT2D eigenvalue weighted by molar-refractivity contribution is 5.97. The largest absolute Gasteiger partial charge is 0.494 e. The number of rotatable bonds is 10. The lowest BCUT2D eigenvalue weighted by Gasteiger charge is -2.17. The fourth-order valence-electron chi connectivity index (χ4n) is 3.43. The zero-order chi connectivity index (χ0) is 25.4. The highest BCUT2D eigenvalue weighted by Gasteiger charge is 2.25. The predicted molar refractivity (Wildman–Crippen MR) is 132 cm³/mol. The monoisotopic (exact) mass is 476 g/mol. The topological polar surface area (TPSA) is 125 Å². The molecule has 182 valence electrons. The summed E-state index contributed by atoms with van der Waals surface area (Å²) in [7, 11) is 0. The maximum absolute atomic E-state index is 12.4. The van der Waals surface area contributed by atoms with Gasteiger partial charge in [0.2, 0.25) is 5.91 Å². The van der Waals surface area contributed by atoms with Crippen molar-refractivity contribution in [1.29, 1.82) is 0 Å². The van der Waals surface area contributed by atoms with Crippen LogP contribution in [0.1, 0.15) is 29.8 Å². The second kappa shape index (κ2) is 11.8. The average molecular weight is 477 g/mol. The molecule has 0 heterocycles. The van der Waals surface area contributed by atoms with Gasteiger partial charge in [0.25, 0.3) is 5.91 Å². The number of nitrogens with one attached hydrogen (secondary N) is 2. The minimum absolute atomic E-state index is 0.130. The molecular formula is C27H28N2O6. The summed E-state index contributed by atoms with van der Waals surface area (Å²) in [5, 5.41) is 23.8. The van der Waals surface area contributed by atoms with Gasteiger partial charge in [-0.15, -0.1) is 0 Å². The third-order valence-corrected chi connectivity index (χ3v) is 5.28. The van der Waals surface area contributed by atoms with E-state index in [2.05, 4.69) is 10.6 Å². The van der Waals surface area contributed by atoms with Gasteiger partial charge in [0.1, 0.15) is 5.75 Å². The van der Waals surface area contributed by atoms with Gasteiger partial charge in [-0.05, 0) is 66.9 Å². The van der Waals surface area contributed by atoms with Gasteiger partial charge < -0.3 is 25.6 Å². The van der Waals surface area contributed by atoms with E-state index in [4.69, 9.17) is 9.84 Å². The molecule has 2 amide bonds. The van der Waals surface area contributed by atoms with Gasteiger partial charge in [-0.3, -0.25) is 9.59 Å². The molecular weight excluding hydrogens is 448 g/mol. The summed E-state index contributed by atoms with van der Waals surface area (Å²) in [5.41, 5.74) is 3.56. The molecule has 0 radical (unpaired) electrons. The molecule has 0 saturated heterocycles. The Morgan fingerprint density at radius 1 is 0.886 bits per heavy atom. The number of aliphatic hydroxyl groups excluding tert-OH is 1. The van der Waals surface area contributed by atoms with Gasteiger partial charge in [-0.2, -0.15) is 0 Å². The SMILES string of the molecule is CCOc1ccc(CC(=O)Nc2ccc(-c3ccc(C(=O)N[C@H](C(=O)O)C(C)O)cc3)cc2)cc1. The number of benzene rings is 3. The third-order valence-electron chi connectivity index (χ3n) is 5.28. The number of aliphatic carboxylic acids is 1. The molecule has 35 heavy (non-hydrogen) atoms. The predicted octanol–water partition coefficient (Wildman–Crippen LogP) is 3.50. The lowest BCUT2D eigenvalue weighted by Crippen LogP contribution is -2.47. The normalized spacial score (nSPS) is 12.3. The first-order valence-corrected chi connectivity index (χ1v) is 11.2. The van der Waals surface area contributed by atoms with Crippen molar-refractivity contribution in [2.24, 2.45) is 0 Å². The minimum Gasteiger partial charge on any atom is -0.494 e. The molecule has 0 aliphatic rings. The maximum Gasteiger partial charge on any atom is 0.328 e. The van der Waals surface area contributed by atoms with Crippen molar-refractivity contribution >= 4 is 23.5 Å². The Hall–Kier alpha value is -4.17. The number of carboxylic acids is 1. The first kappa shape index (κ1) is 25.5. The van der Waals surface area contributed by atoms with Crippen molar-refractivity contribution in [3.8, 4) is 16.9 Å². The molecule has 3 aromatic carbocycles. The van der Waals surface area contributed by atoms with Crippen LogP contribution in [0.5, 0.6) is 5.75 Å². The zero-order valence-electron chi connectivity index (χ0n) is 19.5. The molecule has 8 nitrogen and oxygen atoms in total. The summed E-state index contributed by atoms with van der Waals surface area (Å²) >= 11 is 0. The number of ether oxygens (including phenoxy) is 1. The number of amides is 2. The van der Waals surface area contributed by atoms with E-state index in [0.29, 0.717) is 12.3 Å². The molecule has 4 N–H and O–H groups in total. The van der Waals surface area contributed by atoms with E-state index in [0.717, 1.165) is 22.4 Å². The van der Waals surface area contributed by atoms with E-state index in [-0.39, 0.29) is 17.9 Å². The van der Waals surface area contributed by atoms with Crippen LogP contribution in [-0.2, 0) is 16.0 Å². The number of carboxylic acid groups (broad SMARTS) is 1. The average Bonchev–Trinajstić information content (AvgIpc) is 2.84. The van der Waals surface area contributed by atoms with Crippen molar-refractivity contribution in [2.75, 3.05) is 11.9 Å². The molecule has 2 atom stereocenters. The van der Waals surface area contributed by atoms with Gasteiger partial charge in [0.05, 0.1) is 19.1 Å². The molecule has 0 aliphatic carbocycles. The first-order chi connectivity index (χ1) is 16.8. The molecule has 0 spiro atoms. The van der Waals surface area contributed by atoms with Crippen LogP contribution in [-0.4, -0.2) is 46.7 Å². The Labute approximate surface area is 203 Å². The van der Waals surface area contributed by atoms with Crippen LogP contribution in [0.3, 0.4) is 0 Å². The maximum atomic E-state index is 12.4. The van der Waals surface area contributed by atoms with Gasteiger partial charge >= 0.3 is 5.97 Å². The van der Waals surface area contributed by atoms with Gasteiger partial charge in [-0.1, -0.05) is 36.4 Å². The molecule has 0 fully saturated rings. The number of carbonyl (C=O) groups is 3. The van der Waals surface area contributed by atoms with Crippen LogP contribution < -0.4 is 15.4 Å². The van der Waals surface area contributed by atoms with Crippen LogP contribution in [0.25, 0.3) is 11.1 Å². The third kappa shape index (κ3) is 7.15. The molecule has 0 saturated carbocycles. The van der Waals surface area contributed by atoms with E-state index in [1.165, 1.54) is 6.92 Å². The Morgan fingerprint density at radius 3 is 1.97 bits per heavy atom. The standard InChI is InChI=1S/C27H28N2O6/c1-3-35-23-14-4-18(5-15-23)16-24(31)28-22-12-10-20(11-13-22)19-6-8-21(9-7-19)26(32)29-25(17(2)30)27(33)34/h4-15,17,25,30H,3,16H2,1-2H3,(H,28,31)(H,29,32)(H,33,34)/t17?,25-/m0/s1. The minimum atomic E-state index is -1.39. The smallest absolute Gasteiger partial charge is 0.328 e. The number of carbonyl (C=O) groups excluding carboxylic acids is 2. The van der Waals surface area contributed by atoms with Crippen molar-refractivity contribution in [3.05, 3.63) is 83.9 Å². The first-order valence-electron chi connectivity index (χ1n) is 11.2. The lowest BCUT2D eigenvalue weighted by molar-refractivity contribution is -0.141. The Bertz CT molecular complexity index is 1160. The lowest BCUT2D eigenvalue weighted by atomic mass is 10.0. The van der Waals surface area contributed by atoms with E-state index in [9.17, 15) is 19.5 Å². The fraction of sp³-hybridized carbons (Fsp3) is 0.222. The summed E-state index contributed by atoms with van der Waals surface area (Å²) in [5.74, 6) is -1.26. The number of aliphatic hydroxyl groups is 1. The quantitative estimate of drug-likeness (QED) is 0.355. The molecule has 0 bridgehead atoms. The van der Waals surface area contributed by atoms with E-state index in [1.54, 1.807) is 36.4 Å². The Kier molecular flexibility index (Phi) is 8.58. The van der Waals surface area contributed by atoms with Gasteiger partial charge in [-0.25, -0.2) is 4.79 Å². The molecule has 3 rings (SSSR count). The van der Waals surface area contributed by atoms with E-state index >= 15 is 0 Å². The summed E-state index contributed by atoms with van der Waals surface area (Å²) in [4.78, 5) is 35.8. The molecule has 8 heteroatoms. The molecule has 0 aromatic heterocycles. The molecule has 3 aromatic rings. The molecule has 0 aliphatic heterocycles. The number of hydrogen-bond donors (Lipinski definition) is 4. The Balaban J connectivity index is 1.58. The highest BCUT2D eigenvalue weighted by Crippen LogP contribution is 2.22. The second-order valence-corrected chi connectivity index (χ2v) is 7.99. The zero-order valence-corrected chi connectivity index (χ0v) is 19.5. The van der Waals surface area contributed by atoms with Crippen LogP contribution >= 0.6 is 0 Å². The van der Waals surface area contributed by atoms with Crippen molar-refractivity contribution in [2.45, 2.75) is 32.4 Å². The Morgan fingerprint density at radius 2 is 1.46 bits per heavy atom. The summed E-state index contributed by atoms with van der Waals surface area (Å²) in [6, 6.07) is 20.0. The number of hydrogen-bond acceptors (Lipinski definition) is 5. The van der Waals surface area contributed by atoms with Gasteiger partial charge in [0, 0.05) is 11.3 Å². The van der Waals surface area contributed by atoms with Crippen molar-refractivity contribution in [1.82, 2.24) is 5.32 Å². The van der Waals surface area contributed by atoms with Crippen LogP contribution in [0.4, 0.5) is 5.69 Å². The van der Waals surface area contributed by atoms with Crippen LogP contribution in [0, 0.1) is 0 Å². The van der Waals surface area contributed by atoms with Gasteiger partial charge in [0.15, 0.2) is 6.04 Å². The van der Waals surface area contributed by atoms with E-state index in [1.807, 2.05) is 43.3 Å². The molecule has 1 unspecified atom stereocenters.